The summed E-state index contributed by atoms with van der Waals surface area (Å²) in [5, 5.41) is 22.7. The van der Waals surface area contributed by atoms with Crippen LogP contribution in [0.2, 0.25) is 0 Å². The Bertz CT molecular complexity index is 959. The average molecular weight is 423 g/mol. The molecular weight excluding hydrogens is 398 g/mol. The fourth-order valence-electron chi connectivity index (χ4n) is 3.50. The molecule has 3 rings (SSSR count). The number of carboxylic acid groups (broad SMARTS) is 1. The van der Waals surface area contributed by atoms with E-state index in [1.54, 1.807) is 61.5 Å². The van der Waals surface area contributed by atoms with E-state index in [0.717, 1.165) is 0 Å². The van der Waals surface area contributed by atoms with Gasteiger partial charge in [0.2, 0.25) is 11.8 Å². The number of nitrogens with one attached hydrogen (secondary N) is 1. The molecule has 2 aromatic carbocycles. The third-order valence-electron chi connectivity index (χ3n) is 4.79. The number of aliphatic carboxylic acids is 1. The predicted octanol–water partition coefficient (Wildman–Crippen LogP) is 2.61. The van der Waals surface area contributed by atoms with Crippen molar-refractivity contribution >= 4 is 11.9 Å². The van der Waals surface area contributed by atoms with Crippen LogP contribution in [0.3, 0.4) is 0 Å². The van der Waals surface area contributed by atoms with Gasteiger partial charge in [-0.15, -0.1) is 0 Å². The number of methoxy groups -OCH3 is 1. The lowest BCUT2D eigenvalue weighted by atomic mass is 9.79. The number of carbonyl (C=O) groups is 1. The van der Waals surface area contributed by atoms with Gasteiger partial charge >= 0.3 is 5.97 Å². The van der Waals surface area contributed by atoms with Gasteiger partial charge in [-0.1, -0.05) is 60.7 Å². The maximum absolute atomic E-state index is 12.6. The second kappa shape index (κ2) is 10.0. The number of ether oxygens (including phenoxy) is 2. The highest BCUT2D eigenvalue weighted by Gasteiger charge is 2.48. The maximum Gasteiger partial charge on any atom is 0.330 e. The normalized spacial score (nSPS) is 12.2. The third kappa shape index (κ3) is 4.82. The van der Waals surface area contributed by atoms with Gasteiger partial charge in [0.25, 0.3) is 0 Å². The molecule has 0 aliphatic carbocycles. The molecule has 31 heavy (non-hydrogen) atoms. The van der Waals surface area contributed by atoms with Crippen LogP contribution in [-0.4, -0.2) is 52.5 Å². The van der Waals surface area contributed by atoms with Crippen molar-refractivity contribution < 1.29 is 24.5 Å². The summed E-state index contributed by atoms with van der Waals surface area (Å²) < 4.78 is 11.3. The highest BCUT2D eigenvalue weighted by atomic mass is 16.5. The standard InChI is InChI=1S/C23H25N3O5/c1-16-15-19(30-2)25-22(24-16)26-20(21(28)29)23(31-14-13-27,17-9-5-3-6-10-17)18-11-7-4-8-12-18/h3-12,15,20,27H,13-14H2,1-2H3,(H,28,29)(H,24,25,26)/t20-/m1/s1. The van der Waals surface area contributed by atoms with Gasteiger partial charge in [-0.25, -0.2) is 9.78 Å². The van der Waals surface area contributed by atoms with Crippen LogP contribution in [0.25, 0.3) is 0 Å². The number of benzene rings is 2. The van der Waals surface area contributed by atoms with Gasteiger partial charge in [0, 0.05) is 11.8 Å². The zero-order valence-electron chi connectivity index (χ0n) is 17.4. The summed E-state index contributed by atoms with van der Waals surface area (Å²) in [4.78, 5) is 21.2. The second-order valence-electron chi connectivity index (χ2n) is 6.83. The van der Waals surface area contributed by atoms with Crippen molar-refractivity contribution in [3.05, 3.63) is 83.6 Å². The molecule has 0 fully saturated rings. The molecule has 0 bridgehead atoms. The maximum atomic E-state index is 12.6. The number of anilines is 1. The molecule has 0 amide bonds. The minimum Gasteiger partial charge on any atom is -0.481 e. The number of aliphatic hydroxyl groups is 1. The van der Waals surface area contributed by atoms with Crippen LogP contribution in [0.5, 0.6) is 5.88 Å². The van der Waals surface area contributed by atoms with Crippen LogP contribution in [0.1, 0.15) is 16.8 Å². The van der Waals surface area contributed by atoms with Gasteiger partial charge in [-0.2, -0.15) is 4.98 Å². The molecule has 1 heterocycles. The van der Waals surface area contributed by atoms with Gasteiger partial charge in [0.05, 0.1) is 20.3 Å². The van der Waals surface area contributed by atoms with E-state index < -0.39 is 17.6 Å². The van der Waals surface area contributed by atoms with Gasteiger partial charge in [-0.05, 0) is 18.1 Å². The zero-order valence-corrected chi connectivity index (χ0v) is 17.4. The first-order valence-electron chi connectivity index (χ1n) is 9.76. The van der Waals surface area contributed by atoms with E-state index in [4.69, 9.17) is 9.47 Å². The summed E-state index contributed by atoms with van der Waals surface area (Å²) in [6.45, 7) is 1.41. The lowest BCUT2D eigenvalue weighted by Crippen LogP contribution is -2.52. The second-order valence-corrected chi connectivity index (χ2v) is 6.83. The monoisotopic (exact) mass is 423 g/mol. The number of aryl methyl sites for hydroxylation is 1. The highest BCUT2D eigenvalue weighted by molar-refractivity contribution is 5.80. The molecule has 0 aliphatic heterocycles. The molecule has 1 atom stereocenters. The number of aromatic nitrogens is 2. The first kappa shape index (κ1) is 22.2. The number of aliphatic hydroxyl groups excluding tert-OH is 1. The molecule has 3 N–H and O–H groups in total. The van der Waals surface area contributed by atoms with Crippen LogP contribution < -0.4 is 10.1 Å². The summed E-state index contributed by atoms with van der Waals surface area (Å²) in [6, 6.07) is 18.4. The van der Waals surface area contributed by atoms with Crippen molar-refractivity contribution in [2.45, 2.75) is 18.6 Å². The number of hydrogen-bond donors (Lipinski definition) is 3. The summed E-state index contributed by atoms with van der Waals surface area (Å²) >= 11 is 0. The Hall–Kier alpha value is -3.49. The Balaban J connectivity index is 2.21. The van der Waals surface area contributed by atoms with E-state index in [1.807, 2.05) is 12.1 Å². The van der Waals surface area contributed by atoms with Gasteiger partial charge < -0.3 is 25.0 Å². The number of rotatable bonds is 10. The summed E-state index contributed by atoms with van der Waals surface area (Å²) in [6.07, 6.45) is 0. The minimum absolute atomic E-state index is 0.0761. The molecule has 8 heteroatoms. The van der Waals surface area contributed by atoms with Crippen molar-refractivity contribution in [2.24, 2.45) is 0 Å². The molecule has 0 saturated carbocycles. The molecule has 0 saturated heterocycles. The van der Waals surface area contributed by atoms with Crippen LogP contribution in [0.4, 0.5) is 5.95 Å². The number of hydrogen-bond acceptors (Lipinski definition) is 7. The summed E-state index contributed by atoms with van der Waals surface area (Å²) in [7, 11) is 1.48. The smallest absolute Gasteiger partial charge is 0.330 e. The topological polar surface area (TPSA) is 114 Å². The number of carboxylic acids is 1. The fourth-order valence-corrected chi connectivity index (χ4v) is 3.50. The van der Waals surface area contributed by atoms with Crippen molar-refractivity contribution in [1.29, 1.82) is 0 Å². The van der Waals surface area contributed by atoms with Crippen molar-refractivity contribution in [1.82, 2.24) is 9.97 Å². The lowest BCUT2D eigenvalue weighted by Gasteiger charge is -2.39. The molecular formula is C23H25N3O5. The molecule has 0 radical (unpaired) electrons. The summed E-state index contributed by atoms with van der Waals surface area (Å²) in [5.74, 6) is -0.775. The average Bonchev–Trinajstić information content (AvgIpc) is 2.79. The Morgan fingerprint density at radius 2 is 1.65 bits per heavy atom. The third-order valence-corrected chi connectivity index (χ3v) is 4.79. The number of nitrogens with zero attached hydrogens (tertiary/aromatic N) is 2. The SMILES string of the molecule is COc1cc(C)nc(N[C@H](C(=O)O)C(OCCO)(c2ccccc2)c2ccccc2)n1. The van der Waals surface area contributed by atoms with Crippen LogP contribution in [0, 0.1) is 6.92 Å². The van der Waals surface area contributed by atoms with E-state index in [1.165, 1.54) is 7.11 Å². The van der Waals surface area contributed by atoms with Crippen LogP contribution >= 0.6 is 0 Å². The van der Waals surface area contributed by atoms with Gasteiger partial charge in [0.1, 0.15) is 5.60 Å². The largest absolute Gasteiger partial charge is 0.481 e. The summed E-state index contributed by atoms with van der Waals surface area (Å²) in [5.41, 5.74) is 0.348. The molecule has 162 valence electrons. The van der Waals surface area contributed by atoms with Crippen molar-refractivity contribution in [2.75, 3.05) is 25.6 Å². The van der Waals surface area contributed by atoms with E-state index in [2.05, 4.69) is 15.3 Å². The predicted molar refractivity (Wildman–Crippen MR) is 115 cm³/mol. The van der Waals surface area contributed by atoms with Crippen LogP contribution in [0.15, 0.2) is 66.7 Å². The molecule has 8 nitrogen and oxygen atoms in total. The Kier molecular flexibility index (Phi) is 7.17. The molecule has 3 aromatic rings. The van der Waals surface area contributed by atoms with Crippen molar-refractivity contribution in [3.63, 3.8) is 0 Å². The van der Waals surface area contributed by atoms with Gasteiger partial charge in [-0.3, -0.25) is 0 Å². The molecule has 1 aromatic heterocycles. The van der Waals surface area contributed by atoms with E-state index >= 15 is 0 Å². The first-order chi connectivity index (χ1) is 15.0. The van der Waals surface area contributed by atoms with E-state index in [-0.39, 0.29) is 19.2 Å². The lowest BCUT2D eigenvalue weighted by molar-refractivity contribution is -0.146. The highest BCUT2D eigenvalue weighted by Crippen LogP contribution is 2.38. The zero-order chi connectivity index (χ0) is 22.3. The van der Waals surface area contributed by atoms with E-state index in [9.17, 15) is 15.0 Å². The molecule has 0 unspecified atom stereocenters. The first-order valence-corrected chi connectivity index (χ1v) is 9.76. The molecule has 0 aliphatic rings. The van der Waals surface area contributed by atoms with Crippen molar-refractivity contribution in [3.8, 4) is 5.88 Å². The quantitative estimate of drug-likeness (QED) is 0.456. The Morgan fingerprint density at radius 1 is 1.06 bits per heavy atom. The van der Waals surface area contributed by atoms with Crippen LogP contribution in [-0.2, 0) is 15.1 Å². The Labute approximate surface area is 180 Å². The van der Waals surface area contributed by atoms with E-state index in [0.29, 0.717) is 22.7 Å². The fraction of sp³-hybridized carbons (Fsp3) is 0.261. The van der Waals surface area contributed by atoms with Gasteiger partial charge in [0.15, 0.2) is 6.04 Å². The molecule has 0 spiro atoms. The Morgan fingerprint density at radius 3 is 2.13 bits per heavy atom. The minimum atomic E-state index is -1.47.